The highest BCUT2D eigenvalue weighted by Crippen LogP contribution is 2.26. The molecular formula is C15H20N2O4. The van der Waals surface area contributed by atoms with Gasteiger partial charge >= 0.3 is 11.9 Å². The van der Waals surface area contributed by atoms with Crippen LogP contribution in [0.3, 0.4) is 0 Å². The largest absolute Gasteiger partial charge is 0.473 e. The van der Waals surface area contributed by atoms with E-state index in [1.807, 2.05) is 0 Å². The number of hydrogen-bond acceptors (Lipinski definition) is 3. The van der Waals surface area contributed by atoms with Crippen molar-refractivity contribution in [3.05, 3.63) is 34.5 Å². The quantitative estimate of drug-likeness (QED) is 0.629. The fourth-order valence-corrected chi connectivity index (χ4v) is 2.16. The third kappa shape index (κ3) is 3.82. The van der Waals surface area contributed by atoms with E-state index in [2.05, 4.69) is 37.9 Å². The van der Waals surface area contributed by atoms with Crippen molar-refractivity contribution >= 4 is 22.8 Å². The second-order valence-electron chi connectivity index (χ2n) is 4.81. The van der Waals surface area contributed by atoms with Gasteiger partial charge in [0.15, 0.2) is 0 Å². The van der Waals surface area contributed by atoms with Crippen LogP contribution in [0.1, 0.15) is 22.4 Å². The highest BCUT2D eigenvalue weighted by molar-refractivity contribution is 6.27. The average molecular weight is 292 g/mol. The molecule has 1 aromatic carbocycles. The van der Waals surface area contributed by atoms with Gasteiger partial charge in [0, 0.05) is 16.6 Å². The first-order valence-corrected chi connectivity index (χ1v) is 6.53. The molecular weight excluding hydrogens is 272 g/mol. The van der Waals surface area contributed by atoms with Crippen LogP contribution < -0.4 is 5.73 Å². The van der Waals surface area contributed by atoms with Crippen LogP contribution in [-0.2, 0) is 16.0 Å². The zero-order valence-electron chi connectivity index (χ0n) is 12.4. The molecule has 0 fully saturated rings. The lowest BCUT2D eigenvalue weighted by molar-refractivity contribution is -0.159. The second-order valence-corrected chi connectivity index (χ2v) is 4.81. The molecule has 1 heterocycles. The van der Waals surface area contributed by atoms with E-state index in [4.69, 9.17) is 25.5 Å². The summed E-state index contributed by atoms with van der Waals surface area (Å²) >= 11 is 0. The minimum Gasteiger partial charge on any atom is -0.473 e. The van der Waals surface area contributed by atoms with E-state index in [1.54, 1.807) is 0 Å². The third-order valence-corrected chi connectivity index (χ3v) is 3.40. The summed E-state index contributed by atoms with van der Waals surface area (Å²) < 4.78 is 0. The van der Waals surface area contributed by atoms with Crippen molar-refractivity contribution in [2.24, 2.45) is 5.73 Å². The molecule has 1 aromatic heterocycles. The molecule has 6 heteroatoms. The van der Waals surface area contributed by atoms with Crippen LogP contribution in [0.2, 0.25) is 0 Å². The lowest BCUT2D eigenvalue weighted by Gasteiger charge is -2.02. The van der Waals surface area contributed by atoms with Gasteiger partial charge in [-0.1, -0.05) is 12.1 Å². The number of rotatable bonds is 2. The van der Waals surface area contributed by atoms with Gasteiger partial charge in [0.2, 0.25) is 0 Å². The minimum atomic E-state index is -1.82. The fourth-order valence-electron chi connectivity index (χ4n) is 2.16. The number of aliphatic carboxylic acids is 2. The molecule has 114 valence electrons. The number of carboxylic acid groups (broad SMARTS) is 2. The van der Waals surface area contributed by atoms with Crippen molar-refractivity contribution in [3.63, 3.8) is 0 Å². The number of fused-ring (bicyclic) bond motifs is 1. The molecule has 6 nitrogen and oxygen atoms in total. The third-order valence-electron chi connectivity index (χ3n) is 3.40. The molecule has 0 radical (unpaired) electrons. The van der Waals surface area contributed by atoms with Crippen molar-refractivity contribution in [1.29, 1.82) is 0 Å². The molecule has 0 aliphatic carbocycles. The van der Waals surface area contributed by atoms with Crippen molar-refractivity contribution in [2.45, 2.75) is 27.2 Å². The van der Waals surface area contributed by atoms with Crippen molar-refractivity contribution in [3.8, 4) is 0 Å². The topological polar surface area (TPSA) is 116 Å². The Labute approximate surface area is 122 Å². The molecule has 0 saturated carbocycles. The highest BCUT2D eigenvalue weighted by atomic mass is 16.4. The number of benzene rings is 1. The van der Waals surface area contributed by atoms with Gasteiger partial charge in [-0.15, -0.1) is 0 Å². The van der Waals surface area contributed by atoms with Crippen LogP contribution >= 0.6 is 0 Å². The van der Waals surface area contributed by atoms with Gasteiger partial charge in [0.25, 0.3) is 0 Å². The molecule has 2 aromatic rings. The Morgan fingerprint density at radius 2 is 1.71 bits per heavy atom. The number of nitrogens with one attached hydrogen (secondary N) is 1. The van der Waals surface area contributed by atoms with E-state index in [9.17, 15) is 0 Å². The molecule has 0 aliphatic rings. The zero-order valence-corrected chi connectivity index (χ0v) is 12.4. The van der Waals surface area contributed by atoms with Crippen LogP contribution in [0.5, 0.6) is 0 Å². The molecule has 0 aliphatic heterocycles. The molecule has 0 amide bonds. The summed E-state index contributed by atoms with van der Waals surface area (Å²) in [5, 5.41) is 16.1. The molecule has 0 spiro atoms. The zero-order chi connectivity index (χ0) is 16.2. The smallest absolute Gasteiger partial charge is 0.414 e. The number of nitrogens with two attached hydrogens (primary N) is 1. The molecule has 0 bridgehead atoms. The van der Waals surface area contributed by atoms with E-state index in [0.717, 1.165) is 6.42 Å². The van der Waals surface area contributed by atoms with Gasteiger partial charge in [-0.2, -0.15) is 0 Å². The maximum Gasteiger partial charge on any atom is 0.414 e. The molecule has 0 saturated heterocycles. The Balaban J connectivity index is 0.000000315. The SMILES string of the molecule is Cc1ccc2c(CCN)c(C)[nH]c2c1C.O=C(O)C(=O)O. The standard InChI is InChI=1S/C13H18N2.C2H2O4/c1-8-4-5-12-11(6-7-14)10(3)15-13(12)9(8)2;3-1(4)2(5)6/h4-5,15H,6-7,14H2,1-3H3;(H,3,4)(H,5,6). The number of hydrogen-bond donors (Lipinski definition) is 4. The van der Waals surface area contributed by atoms with Crippen LogP contribution in [0.4, 0.5) is 0 Å². The fraction of sp³-hybridized carbons (Fsp3) is 0.333. The van der Waals surface area contributed by atoms with E-state index < -0.39 is 11.9 Å². The van der Waals surface area contributed by atoms with Crippen molar-refractivity contribution < 1.29 is 19.8 Å². The predicted molar refractivity (Wildman–Crippen MR) is 80.5 cm³/mol. The molecule has 5 N–H and O–H groups in total. The van der Waals surface area contributed by atoms with E-state index in [0.29, 0.717) is 6.54 Å². The van der Waals surface area contributed by atoms with Crippen molar-refractivity contribution in [1.82, 2.24) is 4.98 Å². The number of aryl methyl sites for hydroxylation is 3. The lowest BCUT2D eigenvalue weighted by Crippen LogP contribution is -2.09. The number of aromatic nitrogens is 1. The number of carboxylic acids is 2. The lowest BCUT2D eigenvalue weighted by atomic mass is 10.0. The van der Waals surface area contributed by atoms with Gasteiger partial charge < -0.3 is 20.9 Å². The van der Waals surface area contributed by atoms with Gasteiger partial charge in [-0.05, 0) is 50.4 Å². The van der Waals surface area contributed by atoms with Crippen molar-refractivity contribution in [2.75, 3.05) is 6.54 Å². The first-order chi connectivity index (χ1) is 9.79. The highest BCUT2D eigenvalue weighted by Gasteiger charge is 2.09. The average Bonchev–Trinajstić information content (AvgIpc) is 2.73. The van der Waals surface area contributed by atoms with Gasteiger partial charge in [-0.25, -0.2) is 9.59 Å². The summed E-state index contributed by atoms with van der Waals surface area (Å²) in [6.45, 7) is 7.15. The monoisotopic (exact) mass is 292 g/mol. The Bertz CT molecular complexity index is 662. The number of aromatic amines is 1. The van der Waals surface area contributed by atoms with Gasteiger partial charge in [-0.3, -0.25) is 0 Å². The second kappa shape index (κ2) is 6.90. The normalized spacial score (nSPS) is 10.1. The van der Waals surface area contributed by atoms with E-state index >= 15 is 0 Å². The molecule has 21 heavy (non-hydrogen) atoms. The molecule has 0 unspecified atom stereocenters. The molecule has 2 rings (SSSR count). The first kappa shape index (κ1) is 16.7. The Morgan fingerprint density at radius 3 is 2.19 bits per heavy atom. The predicted octanol–water partition coefficient (Wildman–Crippen LogP) is 1.75. The van der Waals surface area contributed by atoms with Crippen LogP contribution in [0.15, 0.2) is 12.1 Å². The first-order valence-electron chi connectivity index (χ1n) is 6.53. The maximum absolute atomic E-state index is 9.10. The van der Waals surface area contributed by atoms with E-state index in [1.165, 1.54) is 33.3 Å². The van der Waals surface area contributed by atoms with Gasteiger partial charge in [0.1, 0.15) is 0 Å². The summed E-state index contributed by atoms with van der Waals surface area (Å²) in [4.78, 5) is 21.7. The number of H-pyrrole nitrogens is 1. The summed E-state index contributed by atoms with van der Waals surface area (Å²) in [5.74, 6) is -3.65. The summed E-state index contributed by atoms with van der Waals surface area (Å²) in [5.41, 5.74) is 12.2. The Morgan fingerprint density at radius 1 is 1.14 bits per heavy atom. The Hall–Kier alpha value is -2.34. The number of carbonyl (C=O) groups is 2. The van der Waals surface area contributed by atoms with Gasteiger partial charge in [0.05, 0.1) is 0 Å². The van der Waals surface area contributed by atoms with Crippen LogP contribution in [0, 0.1) is 20.8 Å². The van der Waals surface area contributed by atoms with E-state index in [-0.39, 0.29) is 0 Å². The molecule has 0 atom stereocenters. The summed E-state index contributed by atoms with van der Waals surface area (Å²) in [7, 11) is 0. The summed E-state index contributed by atoms with van der Waals surface area (Å²) in [6, 6.07) is 4.39. The van der Waals surface area contributed by atoms with Crippen LogP contribution in [0.25, 0.3) is 10.9 Å². The Kier molecular flexibility index (Phi) is 5.49. The minimum absolute atomic E-state index is 0.709. The van der Waals surface area contributed by atoms with Crippen LogP contribution in [-0.4, -0.2) is 33.7 Å². The maximum atomic E-state index is 9.10. The summed E-state index contributed by atoms with van der Waals surface area (Å²) in [6.07, 6.45) is 0.953.